The fraction of sp³-hybridized carbons (Fsp3) is 0.533. The monoisotopic (exact) mass is 443 g/mol. The van der Waals surface area contributed by atoms with E-state index in [1.807, 2.05) is 0 Å². The van der Waals surface area contributed by atoms with E-state index in [1.165, 1.54) is 0 Å². The van der Waals surface area contributed by atoms with Gasteiger partial charge in [0.15, 0.2) is 9.84 Å². The number of hydrogen-bond acceptors (Lipinski definition) is 4. The van der Waals surface area contributed by atoms with Crippen molar-refractivity contribution in [2.75, 3.05) is 13.1 Å². The van der Waals surface area contributed by atoms with Crippen molar-refractivity contribution in [1.82, 2.24) is 4.90 Å². The molecule has 2 rings (SSSR count). The topological polar surface area (TPSA) is 63.7 Å². The Labute approximate surface area is 152 Å². The van der Waals surface area contributed by atoms with E-state index in [2.05, 4.69) is 15.9 Å². The van der Waals surface area contributed by atoms with E-state index in [9.17, 15) is 26.4 Å². The lowest BCUT2D eigenvalue weighted by Gasteiger charge is -2.39. The third-order valence-electron chi connectivity index (χ3n) is 3.49. The van der Waals surface area contributed by atoms with Gasteiger partial charge in [0.2, 0.25) is 0 Å². The summed E-state index contributed by atoms with van der Waals surface area (Å²) in [5.74, 6) is 0. The van der Waals surface area contributed by atoms with Crippen LogP contribution in [0.1, 0.15) is 26.3 Å². The summed E-state index contributed by atoms with van der Waals surface area (Å²) in [5.41, 5.74) is -1.96. The minimum Gasteiger partial charge on any atom is -0.444 e. The standard InChI is InChI=1S/C15H17BrF3NO4S/c1-14(2,3)24-13(21)20-7-10(8-20)25(22,23)12-6-9(16)4-5-11(12)15(17,18)19/h4-6,10H,7-8H2,1-3H3. The van der Waals surface area contributed by atoms with Crippen molar-refractivity contribution in [2.24, 2.45) is 0 Å². The Morgan fingerprint density at radius 3 is 2.28 bits per heavy atom. The molecule has 1 aliphatic heterocycles. The number of benzene rings is 1. The second kappa shape index (κ2) is 6.46. The highest BCUT2D eigenvalue weighted by Gasteiger charge is 2.45. The summed E-state index contributed by atoms with van der Waals surface area (Å²) in [6.45, 7) is 4.57. The molecule has 1 aromatic carbocycles. The van der Waals surface area contributed by atoms with E-state index in [4.69, 9.17) is 4.74 Å². The molecule has 0 aliphatic carbocycles. The van der Waals surface area contributed by atoms with E-state index in [1.54, 1.807) is 20.8 Å². The molecule has 0 saturated carbocycles. The molecule has 0 spiro atoms. The molecular formula is C15H17BrF3NO4S. The lowest BCUT2D eigenvalue weighted by Crippen LogP contribution is -2.57. The van der Waals surface area contributed by atoms with E-state index in [-0.39, 0.29) is 17.6 Å². The maximum absolute atomic E-state index is 13.1. The molecular weight excluding hydrogens is 427 g/mol. The van der Waals surface area contributed by atoms with E-state index < -0.39 is 43.4 Å². The van der Waals surface area contributed by atoms with Gasteiger partial charge in [0, 0.05) is 17.6 Å². The van der Waals surface area contributed by atoms with Gasteiger partial charge in [0.25, 0.3) is 0 Å². The molecule has 0 radical (unpaired) electrons. The highest BCUT2D eigenvalue weighted by atomic mass is 79.9. The lowest BCUT2D eigenvalue weighted by molar-refractivity contribution is -0.139. The van der Waals surface area contributed by atoms with Gasteiger partial charge in [-0.15, -0.1) is 0 Å². The summed E-state index contributed by atoms with van der Waals surface area (Å²) in [4.78, 5) is 12.2. The van der Waals surface area contributed by atoms with Gasteiger partial charge in [0.1, 0.15) is 10.9 Å². The first kappa shape index (κ1) is 20.0. The number of nitrogens with zero attached hydrogens (tertiary/aromatic N) is 1. The molecule has 1 saturated heterocycles. The van der Waals surface area contributed by atoms with Crippen LogP contribution in [0.15, 0.2) is 27.6 Å². The molecule has 1 aliphatic rings. The second-order valence-corrected chi connectivity index (χ2v) is 9.80. The summed E-state index contributed by atoms with van der Waals surface area (Å²) in [6.07, 6.45) is -5.48. The molecule has 1 aromatic rings. The van der Waals surface area contributed by atoms with E-state index >= 15 is 0 Å². The summed E-state index contributed by atoms with van der Waals surface area (Å²) >= 11 is 3.00. The number of alkyl halides is 3. The van der Waals surface area contributed by atoms with Crippen molar-refractivity contribution in [3.05, 3.63) is 28.2 Å². The number of carbonyl (C=O) groups excluding carboxylic acids is 1. The first-order chi connectivity index (χ1) is 11.2. The molecule has 1 amide bonds. The summed E-state index contributed by atoms with van der Waals surface area (Å²) in [6, 6.07) is 2.80. The van der Waals surface area contributed by atoms with E-state index in [0.717, 1.165) is 23.1 Å². The summed E-state index contributed by atoms with van der Waals surface area (Å²) in [5, 5.41) is -1.10. The Balaban J connectivity index is 2.23. The molecule has 10 heteroatoms. The van der Waals surface area contributed by atoms with E-state index in [0.29, 0.717) is 0 Å². The average molecular weight is 444 g/mol. The van der Waals surface area contributed by atoms with Gasteiger partial charge in [-0.3, -0.25) is 0 Å². The number of ether oxygens (including phenoxy) is 1. The predicted octanol–water partition coefficient (Wildman–Crippen LogP) is 3.86. The molecule has 0 atom stereocenters. The zero-order valence-corrected chi connectivity index (χ0v) is 16.1. The average Bonchev–Trinajstić information content (AvgIpc) is 2.32. The zero-order chi connectivity index (χ0) is 19.2. The second-order valence-electron chi connectivity index (χ2n) is 6.69. The smallest absolute Gasteiger partial charge is 0.417 e. The van der Waals surface area contributed by atoms with Crippen molar-refractivity contribution < 1.29 is 31.1 Å². The van der Waals surface area contributed by atoms with Gasteiger partial charge in [-0.2, -0.15) is 13.2 Å². The number of carbonyl (C=O) groups is 1. The van der Waals surface area contributed by atoms with Gasteiger partial charge in [-0.1, -0.05) is 15.9 Å². The number of amides is 1. The number of likely N-dealkylation sites (tertiary alicyclic amines) is 1. The molecule has 1 fully saturated rings. The van der Waals surface area contributed by atoms with Crippen LogP contribution < -0.4 is 0 Å². The Kier molecular flexibility index (Phi) is 5.17. The zero-order valence-electron chi connectivity index (χ0n) is 13.7. The number of halogens is 4. The number of sulfone groups is 1. The van der Waals surface area contributed by atoms with Crippen molar-refractivity contribution in [3.63, 3.8) is 0 Å². The normalized spacial score (nSPS) is 16.5. The molecule has 1 heterocycles. The Bertz CT molecular complexity index is 781. The lowest BCUT2D eigenvalue weighted by atomic mass is 10.2. The Hall–Kier alpha value is -1.29. The molecule has 0 N–H and O–H groups in total. The number of hydrogen-bond donors (Lipinski definition) is 0. The van der Waals surface area contributed by atoms with Gasteiger partial charge >= 0.3 is 12.3 Å². The molecule has 0 aromatic heterocycles. The van der Waals surface area contributed by atoms with Gasteiger partial charge in [-0.05, 0) is 39.0 Å². The largest absolute Gasteiger partial charge is 0.444 e. The predicted molar refractivity (Wildman–Crippen MR) is 87.9 cm³/mol. The third kappa shape index (κ3) is 4.46. The highest BCUT2D eigenvalue weighted by molar-refractivity contribution is 9.10. The SMILES string of the molecule is CC(C)(C)OC(=O)N1CC(S(=O)(=O)c2cc(Br)ccc2C(F)(F)F)C1. The van der Waals surface area contributed by atoms with Crippen LogP contribution >= 0.6 is 15.9 Å². The van der Waals surface area contributed by atoms with Crippen molar-refractivity contribution in [1.29, 1.82) is 0 Å². The third-order valence-corrected chi connectivity index (χ3v) is 6.11. The quantitative estimate of drug-likeness (QED) is 0.695. The van der Waals surface area contributed by atoms with Crippen LogP contribution in [0.5, 0.6) is 0 Å². The maximum atomic E-state index is 13.1. The van der Waals surface area contributed by atoms with Crippen LogP contribution in [-0.4, -0.2) is 43.4 Å². The minimum atomic E-state index is -4.79. The van der Waals surface area contributed by atoms with Crippen LogP contribution in [-0.2, 0) is 20.8 Å². The first-order valence-electron chi connectivity index (χ1n) is 7.30. The minimum absolute atomic E-state index is 0.207. The van der Waals surface area contributed by atoms with Gasteiger partial charge < -0.3 is 9.64 Å². The van der Waals surface area contributed by atoms with Crippen LogP contribution in [0.25, 0.3) is 0 Å². The highest BCUT2D eigenvalue weighted by Crippen LogP contribution is 2.38. The van der Waals surface area contributed by atoms with Gasteiger partial charge in [0.05, 0.1) is 10.5 Å². The Morgan fingerprint density at radius 2 is 1.80 bits per heavy atom. The van der Waals surface area contributed by atoms with Crippen LogP contribution in [0.4, 0.5) is 18.0 Å². The van der Waals surface area contributed by atoms with Crippen molar-refractivity contribution >= 4 is 31.9 Å². The Morgan fingerprint density at radius 1 is 1.24 bits per heavy atom. The van der Waals surface area contributed by atoms with Crippen molar-refractivity contribution in [3.8, 4) is 0 Å². The van der Waals surface area contributed by atoms with Crippen LogP contribution in [0.2, 0.25) is 0 Å². The number of rotatable bonds is 2. The summed E-state index contributed by atoms with van der Waals surface area (Å²) < 4.78 is 69.9. The first-order valence-corrected chi connectivity index (χ1v) is 9.64. The fourth-order valence-corrected chi connectivity index (χ4v) is 4.66. The van der Waals surface area contributed by atoms with Crippen molar-refractivity contribution in [2.45, 2.75) is 42.7 Å². The molecule has 25 heavy (non-hydrogen) atoms. The summed E-state index contributed by atoms with van der Waals surface area (Å²) in [7, 11) is -4.25. The van der Waals surface area contributed by atoms with Crippen LogP contribution in [0, 0.1) is 0 Å². The molecule has 140 valence electrons. The fourth-order valence-electron chi connectivity index (χ4n) is 2.26. The van der Waals surface area contributed by atoms with Gasteiger partial charge in [-0.25, -0.2) is 13.2 Å². The van der Waals surface area contributed by atoms with Crippen LogP contribution in [0.3, 0.4) is 0 Å². The molecule has 5 nitrogen and oxygen atoms in total. The molecule has 0 bridgehead atoms. The molecule has 0 unspecified atom stereocenters. The maximum Gasteiger partial charge on any atom is 0.417 e.